The Balaban J connectivity index is 1.55. The summed E-state index contributed by atoms with van der Waals surface area (Å²) < 4.78 is 11.3. The van der Waals surface area contributed by atoms with Gasteiger partial charge in [0.15, 0.2) is 0 Å². The summed E-state index contributed by atoms with van der Waals surface area (Å²) in [6.45, 7) is 1.27. The molecule has 1 aromatic carbocycles. The van der Waals surface area contributed by atoms with E-state index in [4.69, 9.17) is 21.1 Å². The van der Waals surface area contributed by atoms with Crippen molar-refractivity contribution in [3.8, 4) is 0 Å². The lowest BCUT2D eigenvalue weighted by Crippen LogP contribution is -2.41. The smallest absolute Gasteiger partial charge is 0.142 e. The van der Waals surface area contributed by atoms with Gasteiger partial charge in [0.05, 0.1) is 34.8 Å². The maximum Gasteiger partial charge on any atom is 0.142 e. The maximum absolute atomic E-state index is 6.53. The minimum absolute atomic E-state index is 0.272. The number of nitrogens with zero attached hydrogens (tertiary/aromatic N) is 3. The van der Waals surface area contributed by atoms with Crippen molar-refractivity contribution in [2.24, 2.45) is 4.99 Å². The standard InChI is InChI=1S/C21H21ClN4O2S/c1-27-10-21(28-2)4-3-14-17(7-21)29-20-18(14)19(24-11-25-20)26-16-6-13-9-23-8-12(13)5-15(16)22/h5-6,9,11H,3-4,7-8,10H2,1-2H3,(H,24,25,26)/t21-/m0/s1. The Morgan fingerprint density at radius 2 is 2.17 bits per heavy atom. The SMILES string of the molecule is COC[C@]1(OC)CCc2c(sc3ncnc(Nc4cc5c(cc4Cl)CN=C5)c23)C1. The van der Waals surface area contributed by atoms with Gasteiger partial charge in [0, 0.05) is 31.7 Å². The van der Waals surface area contributed by atoms with Crippen molar-refractivity contribution in [2.75, 3.05) is 26.1 Å². The van der Waals surface area contributed by atoms with Crippen LogP contribution in [0.2, 0.25) is 5.02 Å². The van der Waals surface area contributed by atoms with E-state index in [0.29, 0.717) is 18.2 Å². The predicted molar refractivity (Wildman–Crippen MR) is 117 cm³/mol. The highest BCUT2D eigenvalue weighted by atomic mass is 35.5. The molecule has 0 bridgehead atoms. The fourth-order valence-electron chi connectivity index (χ4n) is 4.25. The number of hydrogen-bond acceptors (Lipinski definition) is 7. The van der Waals surface area contributed by atoms with Gasteiger partial charge in [-0.05, 0) is 41.7 Å². The summed E-state index contributed by atoms with van der Waals surface area (Å²) in [6, 6.07) is 4.01. The van der Waals surface area contributed by atoms with Crippen LogP contribution in [0.3, 0.4) is 0 Å². The number of fused-ring (bicyclic) bond motifs is 4. The number of anilines is 2. The molecule has 0 radical (unpaired) electrons. The van der Waals surface area contributed by atoms with Gasteiger partial charge in [-0.2, -0.15) is 0 Å². The van der Waals surface area contributed by atoms with Crippen molar-refractivity contribution >= 4 is 50.9 Å². The number of halogens is 1. The topological polar surface area (TPSA) is 68.6 Å². The molecule has 0 spiro atoms. The molecule has 1 aliphatic carbocycles. The Morgan fingerprint density at radius 3 is 3.00 bits per heavy atom. The van der Waals surface area contributed by atoms with Crippen LogP contribution in [0.1, 0.15) is 28.0 Å². The lowest BCUT2D eigenvalue weighted by Gasteiger charge is -2.35. The fraction of sp³-hybridized carbons (Fsp3) is 0.381. The number of aliphatic imine (C=N–C) groups is 1. The summed E-state index contributed by atoms with van der Waals surface area (Å²) in [5.41, 5.74) is 4.11. The largest absolute Gasteiger partial charge is 0.382 e. The van der Waals surface area contributed by atoms with Crippen LogP contribution in [0.15, 0.2) is 23.5 Å². The third-order valence-electron chi connectivity index (χ3n) is 5.80. The number of benzene rings is 1. The van der Waals surface area contributed by atoms with E-state index in [1.807, 2.05) is 18.3 Å². The molecule has 2 aromatic heterocycles. The van der Waals surface area contributed by atoms with E-state index in [9.17, 15) is 0 Å². The molecule has 1 N–H and O–H groups in total. The number of aromatic nitrogens is 2. The molecule has 3 aromatic rings. The zero-order valence-corrected chi connectivity index (χ0v) is 17.9. The van der Waals surface area contributed by atoms with E-state index in [2.05, 4.69) is 20.3 Å². The Hall–Kier alpha value is -2.06. The molecule has 5 rings (SSSR count). The number of hydrogen-bond donors (Lipinski definition) is 1. The fourth-order valence-corrected chi connectivity index (χ4v) is 5.80. The van der Waals surface area contributed by atoms with E-state index < -0.39 is 0 Å². The highest BCUT2D eigenvalue weighted by Crippen LogP contribution is 2.43. The number of nitrogens with one attached hydrogen (secondary N) is 1. The third kappa shape index (κ3) is 3.22. The lowest BCUT2D eigenvalue weighted by atomic mass is 9.84. The lowest BCUT2D eigenvalue weighted by molar-refractivity contribution is -0.0714. The van der Waals surface area contributed by atoms with Gasteiger partial charge in [-0.15, -0.1) is 11.3 Å². The van der Waals surface area contributed by atoms with Gasteiger partial charge in [0.25, 0.3) is 0 Å². The molecule has 29 heavy (non-hydrogen) atoms. The van der Waals surface area contributed by atoms with Crippen molar-refractivity contribution < 1.29 is 9.47 Å². The zero-order valence-electron chi connectivity index (χ0n) is 16.3. The van der Waals surface area contributed by atoms with Gasteiger partial charge in [-0.3, -0.25) is 4.99 Å². The van der Waals surface area contributed by atoms with Crippen molar-refractivity contribution in [2.45, 2.75) is 31.4 Å². The van der Waals surface area contributed by atoms with Crippen molar-refractivity contribution in [3.05, 3.63) is 45.1 Å². The summed E-state index contributed by atoms with van der Waals surface area (Å²) in [5.74, 6) is 0.793. The highest BCUT2D eigenvalue weighted by molar-refractivity contribution is 7.19. The first-order chi connectivity index (χ1) is 14.1. The van der Waals surface area contributed by atoms with Crippen LogP contribution in [-0.4, -0.2) is 42.6 Å². The second kappa shape index (κ2) is 7.32. The van der Waals surface area contributed by atoms with Crippen LogP contribution in [0.25, 0.3) is 10.2 Å². The molecule has 0 unspecified atom stereocenters. The van der Waals surface area contributed by atoms with Crippen LogP contribution in [0, 0.1) is 0 Å². The molecule has 1 atom stereocenters. The molecule has 1 aliphatic heterocycles. The molecule has 150 valence electrons. The van der Waals surface area contributed by atoms with E-state index in [0.717, 1.165) is 52.1 Å². The average Bonchev–Trinajstić information content (AvgIpc) is 3.32. The van der Waals surface area contributed by atoms with Gasteiger partial charge in [-0.1, -0.05) is 11.6 Å². The second-order valence-electron chi connectivity index (χ2n) is 7.53. The summed E-state index contributed by atoms with van der Waals surface area (Å²) in [7, 11) is 3.49. The minimum atomic E-state index is -0.272. The molecule has 6 nitrogen and oxygen atoms in total. The van der Waals surface area contributed by atoms with Crippen LogP contribution in [0.5, 0.6) is 0 Å². The first-order valence-corrected chi connectivity index (χ1v) is 10.7. The second-order valence-corrected chi connectivity index (χ2v) is 9.02. The van der Waals surface area contributed by atoms with Crippen molar-refractivity contribution in [1.29, 1.82) is 0 Å². The van der Waals surface area contributed by atoms with Crippen LogP contribution >= 0.6 is 22.9 Å². The molecule has 0 saturated carbocycles. The first-order valence-electron chi connectivity index (χ1n) is 9.51. The first kappa shape index (κ1) is 18.9. The normalized spacial score (nSPS) is 20.1. The molecule has 2 aliphatic rings. The minimum Gasteiger partial charge on any atom is -0.382 e. The van der Waals surface area contributed by atoms with Gasteiger partial charge < -0.3 is 14.8 Å². The number of methoxy groups -OCH3 is 2. The van der Waals surface area contributed by atoms with Crippen LogP contribution in [-0.2, 0) is 28.9 Å². The molecule has 0 fully saturated rings. The third-order valence-corrected chi connectivity index (χ3v) is 7.25. The number of ether oxygens (including phenoxy) is 2. The van der Waals surface area contributed by atoms with Gasteiger partial charge in [0.2, 0.25) is 0 Å². The predicted octanol–water partition coefficient (Wildman–Crippen LogP) is 4.54. The summed E-state index contributed by atoms with van der Waals surface area (Å²) in [5, 5.41) is 5.20. The number of aryl methyl sites for hydroxylation is 1. The van der Waals surface area contributed by atoms with Gasteiger partial charge >= 0.3 is 0 Å². The van der Waals surface area contributed by atoms with E-state index >= 15 is 0 Å². The van der Waals surface area contributed by atoms with Crippen LogP contribution < -0.4 is 5.32 Å². The van der Waals surface area contributed by atoms with E-state index in [1.54, 1.807) is 31.9 Å². The van der Waals surface area contributed by atoms with Crippen molar-refractivity contribution in [3.63, 3.8) is 0 Å². The monoisotopic (exact) mass is 428 g/mol. The summed E-state index contributed by atoms with van der Waals surface area (Å²) in [6.07, 6.45) is 6.12. The molecule has 0 amide bonds. The molecular formula is C21H21ClN4O2S. The number of thiophene rings is 1. The van der Waals surface area contributed by atoms with Gasteiger partial charge in [-0.25, -0.2) is 9.97 Å². The maximum atomic E-state index is 6.53. The average molecular weight is 429 g/mol. The molecule has 8 heteroatoms. The Kier molecular flexibility index (Phi) is 4.78. The Morgan fingerprint density at radius 1 is 1.28 bits per heavy atom. The number of rotatable bonds is 5. The summed E-state index contributed by atoms with van der Waals surface area (Å²) >= 11 is 8.24. The molecular weight excluding hydrogens is 408 g/mol. The Bertz CT molecular complexity index is 1130. The highest BCUT2D eigenvalue weighted by Gasteiger charge is 2.37. The molecule has 0 saturated heterocycles. The van der Waals surface area contributed by atoms with E-state index in [-0.39, 0.29) is 5.60 Å². The summed E-state index contributed by atoms with van der Waals surface area (Å²) in [4.78, 5) is 15.7. The Labute approximate surface area is 177 Å². The zero-order chi connectivity index (χ0) is 20.0. The molecule has 3 heterocycles. The quantitative estimate of drug-likeness (QED) is 0.646. The van der Waals surface area contributed by atoms with Crippen molar-refractivity contribution in [1.82, 2.24) is 9.97 Å². The van der Waals surface area contributed by atoms with Gasteiger partial charge in [0.1, 0.15) is 17.0 Å². The van der Waals surface area contributed by atoms with Crippen LogP contribution in [0.4, 0.5) is 11.5 Å². The van der Waals surface area contributed by atoms with E-state index in [1.165, 1.54) is 10.4 Å².